The molecular weight excluding hydrogens is 234 g/mol. The first kappa shape index (κ1) is 11.5. The second-order valence-electron chi connectivity index (χ2n) is 5.04. The van der Waals surface area contributed by atoms with Gasteiger partial charge < -0.3 is 19.7 Å². The van der Waals surface area contributed by atoms with Gasteiger partial charge in [-0.3, -0.25) is 0 Å². The quantitative estimate of drug-likeness (QED) is 0.845. The van der Waals surface area contributed by atoms with E-state index in [2.05, 4.69) is 15.2 Å². The van der Waals surface area contributed by atoms with Crippen LogP contribution in [0.4, 0.5) is 6.01 Å². The van der Waals surface area contributed by atoms with Crippen LogP contribution in [0.5, 0.6) is 0 Å². The summed E-state index contributed by atoms with van der Waals surface area (Å²) < 4.78 is 5.12. The van der Waals surface area contributed by atoms with Gasteiger partial charge >= 0.3 is 5.97 Å². The van der Waals surface area contributed by atoms with Crippen LogP contribution in [0.3, 0.4) is 0 Å². The average Bonchev–Trinajstić information content (AvgIpc) is 2.96. The molecule has 0 aromatic carbocycles. The lowest BCUT2D eigenvalue weighted by atomic mass is 9.98. The number of fused-ring (bicyclic) bond motifs is 1. The smallest absolute Gasteiger partial charge is 0.357 e. The lowest BCUT2D eigenvalue weighted by molar-refractivity contribution is 0.0690. The highest BCUT2D eigenvalue weighted by Crippen LogP contribution is 2.28. The summed E-state index contributed by atoms with van der Waals surface area (Å²) in [6.45, 7) is 2.33. The standard InChI is InChI=1S/C12H17N3O3/c16-11(17)10-7-18-12(14-10)13-8-3-5-15-4-1-2-9(15)6-8/h7-9H,1-6H2,(H,13,14)(H,16,17). The summed E-state index contributed by atoms with van der Waals surface area (Å²) in [6.07, 6.45) is 5.88. The molecule has 2 atom stereocenters. The van der Waals surface area contributed by atoms with E-state index in [1.54, 1.807) is 0 Å². The summed E-state index contributed by atoms with van der Waals surface area (Å²) in [5.41, 5.74) is -0.0456. The van der Waals surface area contributed by atoms with Gasteiger partial charge in [-0.25, -0.2) is 4.79 Å². The average molecular weight is 251 g/mol. The number of carboxylic acid groups (broad SMARTS) is 1. The van der Waals surface area contributed by atoms with Gasteiger partial charge in [0.25, 0.3) is 6.01 Å². The topological polar surface area (TPSA) is 78.6 Å². The van der Waals surface area contributed by atoms with Crippen LogP contribution in [0.25, 0.3) is 0 Å². The van der Waals surface area contributed by atoms with Crippen LogP contribution >= 0.6 is 0 Å². The minimum absolute atomic E-state index is 0.0456. The van der Waals surface area contributed by atoms with Crippen molar-refractivity contribution in [3.8, 4) is 0 Å². The zero-order chi connectivity index (χ0) is 12.5. The van der Waals surface area contributed by atoms with Crippen LogP contribution in [0, 0.1) is 0 Å². The molecule has 3 heterocycles. The van der Waals surface area contributed by atoms with E-state index in [9.17, 15) is 4.79 Å². The fourth-order valence-corrected chi connectivity index (χ4v) is 2.97. The van der Waals surface area contributed by atoms with Gasteiger partial charge in [-0.1, -0.05) is 0 Å². The van der Waals surface area contributed by atoms with Crippen LogP contribution < -0.4 is 5.32 Å². The molecule has 2 saturated heterocycles. The van der Waals surface area contributed by atoms with E-state index in [1.807, 2.05) is 0 Å². The highest BCUT2D eigenvalue weighted by Gasteiger charge is 2.32. The first-order chi connectivity index (χ1) is 8.72. The minimum atomic E-state index is -1.06. The molecule has 0 bridgehead atoms. The van der Waals surface area contributed by atoms with Crippen LogP contribution in [-0.2, 0) is 0 Å². The SMILES string of the molecule is O=C(O)c1coc(NC2CCN3CCCC3C2)n1. The van der Waals surface area contributed by atoms with Crippen LogP contribution in [0.2, 0.25) is 0 Å². The molecule has 2 unspecified atom stereocenters. The number of aromatic nitrogens is 1. The molecule has 0 saturated carbocycles. The Morgan fingerprint density at radius 1 is 1.50 bits per heavy atom. The number of hydrogen-bond donors (Lipinski definition) is 2. The minimum Gasteiger partial charge on any atom is -0.476 e. The lowest BCUT2D eigenvalue weighted by Gasteiger charge is -2.34. The second-order valence-corrected chi connectivity index (χ2v) is 5.04. The van der Waals surface area contributed by atoms with Crippen molar-refractivity contribution in [2.45, 2.75) is 37.8 Å². The molecule has 2 fully saturated rings. The molecule has 3 rings (SSSR count). The number of oxazole rings is 1. The third-order valence-corrected chi connectivity index (χ3v) is 3.87. The maximum Gasteiger partial charge on any atom is 0.357 e. The van der Waals surface area contributed by atoms with Crippen molar-refractivity contribution in [2.75, 3.05) is 18.4 Å². The van der Waals surface area contributed by atoms with E-state index in [0.29, 0.717) is 18.1 Å². The van der Waals surface area contributed by atoms with Gasteiger partial charge in [-0.2, -0.15) is 4.98 Å². The highest BCUT2D eigenvalue weighted by atomic mass is 16.4. The molecule has 0 radical (unpaired) electrons. The van der Waals surface area contributed by atoms with Crippen LogP contribution in [0.15, 0.2) is 10.7 Å². The van der Waals surface area contributed by atoms with Crippen molar-refractivity contribution >= 4 is 12.0 Å². The van der Waals surface area contributed by atoms with Crippen molar-refractivity contribution in [3.63, 3.8) is 0 Å². The number of piperidine rings is 1. The van der Waals surface area contributed by atoms with Crippen LogP contribution in [-0.4, -0.2) is 46.1 Å². The Morgan fingerprint density at radius 3 is 3.17 bits per heavy atom. The molecule has 0 amide bonds. The number of nitrogens with zero attached hydrogens (tertiary/aromatic N) is 2. The molecule has 6 heteroatoms. The number of carboxylic acids is 1. The molecule has 6 nitrogen and oxygen atoms in total. The maximum atomic E-state index is 10.7. The van der Waals surface area contributed by atoms with Gasteiger partial charge in [0.05, 0.1) is 0 Å². The normalized spacial score (nSPS) is 28.0. The van der Waals surface area contributed by atoms with Gasteiger partial charge in [0.15, 0.2) is 5.69 Å². The molecule has 0 aliphatic carbocycles. The lowest BCUT2D eigenvalue weighted by Crippen LogP contribution is -2.42. The van der Waals surface area contributed by atoms with E-state index in [1.165, 1.54) is 25.6 Å². The zero-order valence-corrected chi connectivity index (χ0v) is 10.1. The number of nitrogens with one attached hydrogen (secondary N) is 1. The van der Waals surface area contributed by atoms with Crippen molar-refractivity contribution in [1.82, 2.24) is 9.88 Å². The summed E-state index contributed by atoms with van der Waals surface area (Å²) in [7, 11) is 0. The molecule has 18 heavy (non-hydrogen) atoms. The molecule has 1 aromatic heterocycles. The number of hydrogen-bond acceptors (Lipinski definition) is 5. The summed E-state index contributed by atoms with van der Waals surface area (Å²) in [4.78, 5) is 17.1. The Labute approximate surface area is 105 Å². The summed E-state index contributed by atoms with van der Waals surface area (Å²) >= 11 is 0. The predicted octanol–water partition coefficient (Wildman–Crippen LogP) is 1.41. The van der Waals surface area contributed by atoms with Crippen molar-refractivity contribution in [2.24, 2.45) is 0 Å². The molecule has 98 valence electrons. The van der Waals surface area contributed by atoms with Crippen molar-refractivity contribution in [3.05, 3.63) is 12.0 Å². The summed E-state index contributed by atoms with van der Waals surface area (Å²) in [6, 6.07) is 1.33. The Hall–Kier alpha value is -1.56. The van der Waals surface area contributed by atoms with E-state index in [-0.39, 0.29) is 5.69 Å². The van der Waals surface area contributed by atoms with E-state index >= 15 is 0 Å². The number of aromatic carboxylic acids is 1. The third kappa shape index (κ3) is 2.20. The van der Waals surface area contributed by atoms with Gasteiger partial charge in [0.2, 0.25) is 0 Å². The fourth-order valence-electron chi connectivity index (χ4n) is 2.97. The molecular formula is C12H17N3O3. The Bertz CT molecular complexity index is 446. The summed E-state index contributed by atoms with van der Waals surface area (Å²) in [5, 5.41) is 12.0. The van der Waals surface area contributed by atoms with E-state index in [0.717, 1.165) is 19.4 Å². The molecule has 2 N–H and O–H groups in total. The predicted molar refractivity (Wildman–Crippen MR) is 64.7 cm³/mol. The van der Waals surface area contributed by atoms with Crippen molar-refractivity contribution < 1.29 is 14.3 Å². The molecule has 2 aliphatic rings. The third-order valence-electron chi connectivity index (χ3n) is 3.87. The summed E-state index contributed by atoms with van der Waals surface area (Å²) in [5.74, 6) is -1.06. The highest BCUT2D eigenvalue weighted by molar-refractivity contribution is 5.85. The van der Waals surface area contributed by atoms with Gasteiger partial charge in [0.1, 0.15) is 6.26 Å². The van der Waals surface area contributed by atoms with Gasteiger partial charge in [-0.05, 0) is 32.2 Å². The van der Waals surface area contributed by atoms with Crippen LogP contribution in [0.1, 0.15) is 36.2 Å². The fraction of sp³-hybridized carbons (Fsp3) is 0.667. The number of anilines is 1. The zero-order valence-electron chi connectivity index (χ0n) is 10.1. The van der Waals surface area contributed by atoms with Gasteiger partial charge in [-0.15, -0.1) is 0 Å². The Morgan fingerprint density at radius 2 is 2.39 bits per heavy atom. The monoisotopic (exact) mass is 251 g/mol. The molecule has 1 aromatic rings. The number of rotatable bonds is 3. The Kier molecular flexibility index (Phi) is 2.95. The number of carbonyl (C=O) groups is 1. The Balaban J connectivity index is 1.60. The van der Waals surface area contributed by atoms with Crippen molar-refractivity contribution in [1.29, 1.82) is 0 Å². The van der Waals surface area contributed by atoms with E-state index < -0.39 is 5.97 Å². The molecule has 0 spiro atoms. The first-order valence-electron chi connectivity index (χ1n) is 6.42. The van der Waals surface area contributed by atoms with E-state index in [4.69, 9.17) is 9.52 Å². The van der Waals surface area contributed by atoms with Gasteiger partial charge in [0, 0.05) is 18.6 Å². The largest absolute Gasteiger partial charge is 0.476 e. The maximum absolute atomic E-state index is 10.7. The molecule has 2 aliphatic heterocycles. The first-order valence-corrected chi connectivity index (χ1v) is 6.42. The second kappa shape index (κ2) is 4.61.